The van der Waals surface area contributed by atoms with Gasteiger partial charge in [-0.25, -0.2) is 0 Å². The van der Waals surface area contributed by atoms with Gasteiger partial charge in [-0.05, 0) is 56.5 Å². The van der Waals surface area contributed by atoms with E-state index in [1.54, 1.807) is 7.11 Å². The molecule has 0 radical (unpaired) electrons. The molecule has 0 aliphatic heterocycles. The van der Waals surface area contributed by atoms with Gasteiger partial charge in [0.2, 0.25) is 0 Å². The maximum absolute atomic E-state index is 5.67. The Hall–Kier alpha value is -1.80. The molecule has 2 nitrogen and oxygen atoms in total. The summed E-state index contributed by atoms with van der Waals surface area (Å²) in [6, 6.07) is 13.2. The third kappa shape index (κ3) is 3.27. The minimum absolute atomic E-state index is 0.250. The van der Waals surface area contributed by atoms with E-state index in [0.717, 1.165) is 12.2 Å². The zero-order valence-corrected chi connectivity index (χ0v) is 13.7. The molecule has 0 aromatic heterocycles. The van der Waals surface area contributed by atoms with Gasteiger partial charge in [0.25, 0.3) is 0 Å². The summed E-state index contributed by atoms with van der Waals surface area (Å²) in [5.74, 6) is 1.00. The average molecular weight is 283 g/mol. The Kier molecular flexibility index (Phi) is 5.03. The summed E-state index contributed by atoms with van der Waals surface area (Å²) in [6.07, 6.45) is 0.960. The van der Waals surface area contributed by atoms with Gasteiger partial charge >= 0.3 is 0 Å². The molecule has 1 atom stereocenters. The van der Waals surface area contributed by atoms with Crippen LogP contribution in [0.1, 0.15) is 33.9 Å². The molecule has 112 valence electrons. The van der Waals surface area contributed by atoms with E-state index in [2.05, 4.69) is 62.5 Å². The third-order valence-corrected chi connectivity index (χ3v) is 4.32. The zero-order chi connectivity index (χ0) is 15.4. The minimum Gasteiger partial charge on any atom is -0.496 e. The molecule has 0 saturated carbocycles. The number of benzene rings is 2. The van der Waals surface area contributed by atoms with E-state index in [-0.39, 0.29) is 6.04 Å². The van der Waals surface area contributed by atoms with Gasteiger partial charge < -0.3 is 10.1 Å². The highest BCUT2D eigenvalue weighted by molar-refractivity contribution is 5.47. The summed E-state index contributed by atoms with van der Waals surface area (Å²) in [6.45, 7) is 6.41. The smallest absolute Gasteiger partial charge is 0.126 e. The molecule has 0 bridgehead atoms. The van der Waals surface area contributed by atoms with Crippen LogP contribution in [0.4, 0.5) is 0 Å². The maximum Gasteiger partial charge on any atom is 0.126 e. The van der Waals surface area contributed by atoms with Crippen molar-refractivity contribution in [1.29, 1.82) is 0 Å². The van der Waals surface area contributed by atoms with Crippen LogP contribution in [0.25, 0.3) is 0 Å². The summed E-state index contributed by atoms with van der Waals surface area (Å²) < 4.78 is 5.67. The lowest BCUT2D eigenvalue weighted by atomic mass is 9.93. The van der Waals surface area contributed by atoms with Crippen molar-refractivity contribution in [2.75, 3.05) is 14.2 Å². The van der Waals surface area contributed by atoms with E-state index in [9.17, 15) is 0 Å². The summed E-state index contributed by atoms with van der Waals surface area (Å²) in [7, 11) is 3.77. The second-order valence-corrected chi connectivity index (χ2v) is 5.60. The second-order valence-electron chi connectivity index (χ2n) is 5.60. The monoisotopic (exact) mass is 283 g/mol. The molecule has 2 rings (SSSR count). The summed E-state index contributed by atoms with van der Waals surface area (Å²) in [4.78, 5) is 0. The van der Waals surface area contributed by atoms with E-state index in [4.69, 9.17) is 4.74 Å². The van der Waals surface area contributed by atoms with Crippen LogP contribution in [0.2, 0.25) is 0 Å². The fourth-order valence-electron chi connectivity index (χ4n) is 2.78. The van der Waals surface area contributed by atoms with Gasteiger partial charge in [-0.2, -0.15) is 0 Å². The van der Waals surface area contributed by atoms with Crippen molar-refractivity contribution in [3.8, 4) is 5.75 Å². The van der Waals surface area contributed by atoms with E-state index in [1.165, 1.54) is 27.8 Å². The number of hydrogen-bond acceptors (Lipinski definition) is 2. The first-order valence-corrected chi connectivity index (χ1v) is 7.44. The van der Waals surface area contributed by atoms with E-state index >= 15 is 0 Å². The Morgan fingerprint density at radius 2 is 1.71 bits per heavy atom. The Labute approximate surface area is 128 Å². The first-order valence-electron chi connectivity index (χ1n) is 7.44. The molecule has 0 amide bonds. The molecule has 0 fully saturated rings. The number of likely N-dealkylation sites (N-methyl/N-ethyl adjacent to an activating group) is 1. The molecule has 2 aromatic carbocycles. The molecule has 2 heteroatoms. The summed E-state index contributed by atoms with van der Waals surface area (Å²) in [5, 5.41) is 3.44. The van der Waals surface area contributed by atoms with Crippen LogP contribution >= 0.6 is 0 Å². The van der Waals surface area contributed by atoms with Gasteiger partial charge in [-0.15, -0.1) is 0 Å². The van der Waals surface area contributed by atoms with Gasteiger partial charge in [-0.3, -0.25) is 0 Å². The van der Waals surface area contributed by atoms with Crippen molar-refractivity contribution in [3.63, 3.8) is 0 Å². The largest absolute Gasteiger partial charge is 0.496 e. The highest BCUT2D eigenvalue weighted by atomic mass is 16.5. The Morgan fingerprint density at radius 1 is 1.00 bits per heavy atom. The second kappa shape index (κ2) is 6.77. The highest BCUT2D eigenvalue weighted by Gasteiger charge is 2.18. The van der Waals surface area contributed by atoms with Crippen molar-refractivity contribution in [2.45, 2.75) is 33.2 Å². The topological polar surface area (TPSA) is 21.3 Å². The van der Waals surface area contributed by atoms with Gasteiger partial charge in [0.05, 0.1) is 7.11 Å². The minimum atomic E-state index is 0.250. The van der Waals surface area contributed by atoms with Crippen molar-refractivity contribution in [1.82, 2.24) is 5.32 Å². The summed E-state index contributed by atoms with van der Waals surface area (Å²) in [5.41, 5.74) is 6.42. The van der Waals surface area contributed by atoms with Crippen molar-refractivity contribution in [3.05, 3.63) is 64.2 Å². The van der Waals surface area contributed by atoms with Crippen LogP contribution in [-0.2, 0) is 6.42 Å². The lowest BCUT2D eigenvalue weighted by Gasteiger charge is -2.22. The quantitative estimate of drug-likeness (QED) is 0.891. The third-order valence-electron chi connectivity index (χ3n) is 4.32. The Balaban J connectivity index is 2.38. The van der Waals surface area contributed by atoms with Crippen LogP contribution in [0.5, 0.6) is 5.75 Å². The SMILES string of the molecule is CNC(Cc1ccccc1C)c1ccc(C)c(C)c1OC. The molecule has 1 N–H and O–H groups in total. The van der Waals surface area contributed by atoms with Crippen LogP contribution in [0.15, 0.2) is 36.4 Å². The molecule has 0 aliphatic carbocycles. The number of methoxy groups -OCH3 is 1. The lowest BCUT2D eigenvalue weighted by Crippen LogP contribution is -2.20. The van der Waals surface area contributed by atoms with E-state index < -0.39 is 0 Å². The number of rotatable bonds is 5. The molecular formula is C19H25NO. The molecule has 0 heterocycles. The molecule has 21 heavy (non-hydrogen) atoms. The highest BCUT2D eigenvalue weighted by Crippen LogP contribution is 2.32. The first kappa shape index (κ1) is 15.6. The molecular weight excluding hydrogens is 258 g/mol. The predicted molar refractivity (Wildman–Crippen MR) is 89.2 cm³/mol. The molecule has 1 unspecified atom stereocenters. The Bertz CT molecular complexity index is 619. The van der Waals surface area contributed by atoms with Crippen LogP contribution in [0.3, 0.4) is 0 Å². The fourth-order valence-corrected chi connectivity index (χ4v) is 2.78. The first-order chi connectivity index (χ1) is 10.1. The standard InChI is InChI=1S/C19H25NO/c1-13-10-11-17(19(21-5)15(13)3)18(20-4)12-16-9-7-6-8-14(16)2/h6-11,18,20H,12H2,1-5H3. The number of aryl methyl sites for hydroxylation is 2. The van der Waals surface area contributed by atoms with Crippen LogP contribution in [-0.4, -0.2) is 14.2 Å². The van der Waals surface area contributed by atoms with Crippen LogP contribution in [0, 0.1) is 20.8 Å². The molecule has 0 aliphatic rings. The average Bonchev–Trinajstić information content (AvgIpc) is 2.49. The number of ether oxygens (including phenoxy) is 1. The zero-order valence-electron chi connectivity index (χ0n) is 13.7. The van der Waals surface area contributed by atoms with Gasteiger partial charge in [-0.1, -0.05) is 36.4 Å². The molecule has 0 spiro atoms. The normalized spacial score (nSPS) is 12.2. The van der Waals surface area contributed by atoms with Crippen molar-refractivity contribution in [2.24, 2.45) is 0 Å². The fraction of sp³-hybridized carbons (Fsp3) is 0.368. The number of hydrogen-bond donors (Lipinski definition) is 1. The van der Waals surface area contributed by atoms with Gasteiger partial charge in [0.1, 0.15) is 5.75 Å². The summed E-state index contributed by atoms with van der Waals surface area (Å²) >= 11 is 0. The maximum atomic E-state index is 5.67. The van der Waals surface area contributed by atoms with Crippen molar-refractivity contribution >= 4 is 0 Å². The molecule has 2 aromatic rings. The predicted octanol–water partition coefficient (Wildman–Crippen LogP) is 4.12. The van der Waals surface area contributed by atoms with Crippen LogP contribution < -0.4 is 10.1 Å². The lowest BCUT2D eigenvalue weighted by molar-refractivity contribution is 0.397. The number of nitrogens with one attached hydrogen (secondary N) is 1. The van der Waals surface area contributed by atoms with Crippen molar-refractivity contribution < 1.29 is 4.74 Å². The molecule has 0 saturated heterocycles. The van der Waals surface area contributed by atoms with Gasteiger partial charge in [0, 0.05) is 11.6 Å². The Morgan fingerprint density at radius 3 is 2.33 bits per heavy atom. The van der Waals surface area contributed by atoms with Gasteiger partial charge in [0.15, 0.2) is 0 Å². The van der Waals surface area contributed by atoms with E-state index in [1.807, 2.05) is 7.05 Å². The van der Waals surface area contributed by atoms with E-state index in [0.29, 0.717) is 0 Å².